The van der Waals surface area contributed by atoms with E-state index in [1.165, 1.54) is 0 Å². The lowest BCUT2D eigenvalue weighted by Gasteiger charge is -2.03. The fourth-order valence-electron chi connectivity index (χ4n) is 1.43. The van der Waals surface area contributed by atoms with Gasteiger partial charge >= 0.3 is 5.97 Å². The second kappa shape index (κ2) is 7.63. The van der Waals surface area contributed by atoms with Crippen molar-refractivity contribution in [2.45, 2.75) is 20.0 Å². The summed E-state index contributed by atoms with van der Waals surface area (Å²) < 4.78 is 5.41. The van der Waals surface area contributed by atoms with Crippen molar-refractivity contribution in [2.24, 2.45) is 5.92 Å². The average Bonchev–Trinajstić information content (AvgIpc) is 2.34. The van der Waals surface area contributed by atoms with Crippen molar-refractivity contribution >= 4 is 5.97 Å². The maximum Gasteiger partial charge on any atom is 0.310 e. The Morgan fingerprint density at radius 1 is 1.41 bits per heavy atom. The van der Waals surface area contributed by atoms with Crippen LogP contribution in [0.3, 0.4) is 0 Å². The van der Waals surface area contributed by atoms with Gasteiger partial charge in [-0.25, -0.2) is 0 Å². The van der Waals surface area contributed by atoms with Gasteiger partial charge in [0.2, 0.25) is 0 Å². The first-order chi connectivity index (χ1) is 8.24. The van der Waals surface area contributed by atoms with Crippen LogP contribution in [0.4, 0.5) is 0 Å². The SMILES string of the molecule is CC[C@@H](/C=C\COCc1ccccc1)C(=O)O. The Morgan fingerprint density at radius 3 is 2.71 bits per heavy atom. The van der Waals surface area contributed by atoms with Crippen molar-refractivity contribution in [1.29, 1.82) is 0 Å². The lowest BCUT2D eigenvalue weighted by molar-refractivity contribution is -0.140. The molecule has 3 heteroatoms. The highest BCUT2D eigenvalue weighted by molar-refractivity contribution is 5.71. The molecule has 92 valence electrons. The third-order valence-electron chi connectivity index (χ3n) is 2.45. The quantitative estimate of drug-likeness (QED) is 0.583. The van der Waals surface area contributed by atoms with Crippen LogP contribution >= 0.6 is 0 Å². The molecule has 0 saturated heterocycles. The first-order valence-electron chi connectivity index (χ1n) is 5.75. The summed E-state index contributed by atoms with van der Waals surface area (Å²) in [7, 11) is 0. The van der Waals surface area contributed by atoms with E-state index in [4.69, 9.17) is 9.84 Å². The van der Waals surface area contributed by atoms with Gasteiger partial charge in [0.05, 0.1) is 19.1 Å². The maximum atomic E-state index is 10.7. The third-order valence-corrected chi connectivity index (χ3v) is 2.45. The van der Waals surface area contributed by atoms with E-state index in [1.807, 2.05) is 37.3 Å². The molecule has 1 atom stereocenters. The molecule has 0 aliphatic heterocycles. The average molecular weight is 234 g/mol. The van der Waals surface area contributed by atoms with Crippen LogP contribution in [-0.2, 0) is 16.1 Å². The molecule has 0 bridgehead atoms. The summed E-state index contributed by atoms with van der Waals surface area (Å²) in [4.78, 5) is 10.7. The summed E-state index contributed by atoms with van der Waals surface area (Å²) in [5, 5.41) is 8.82. The summed E-state index contributed by atoms with van der Waals surface area (Å²) in [6, 6.07) is 9.88. The molecule has 1 aromatic rings. The van der Waals surface area contributed by atoms with Gasteiger partial charge in [-0.2, -0.15) is 0 Å². The minimum absolute atomic E-state index is 0.407. The molecule has 0 amide bonds. The molecule has 0 fully saturated rings. The maximum absolute atomic E-state index is 10.7. The van der Waals surface area contributed by atoms with E-state index in [-0.39, 0.29) is 0 Å². The Kier molecular flexibility index (Phi) is 6.04. The molecule has 17 heavy (non-hydrogen) atoms. The number of rotatable bonds is 7. The summed E-state index contributed by atoms with van der Waals surface area (Å²) >= 11 is 0. The van der Waals surface area contributed by atoms with Crippen LogP contribution in [0.2, 0.25) is 0 Å². The molecule has 1 N–H and O–H groups in total. The molecule has 0 aliphatic rings. The number of ether oxygens (including phenoxy) is 1. The van der Waals surface area contributed by atoms with Crippen molar-refractivity contribution in [3.63, 3.8) is 0 Å². The molecule has 0 aromatic heterocycles. The molecule has 1 rings (SSSR count). The molecule has 0 radical (unpaired) electrons. The smallest absolute Gasteiger partial charge is 0.310 e. The van der Waals surface area contributed by atoms with Crippen LogP contribution in [0.1, 0.15) is 18.9 Å². The van der Waals surface area contributed by atoms with E-state index in [2.05, 4.69) is 0 Å². The van der Waals surface area contributed by atoms with Crippen molar-refractivity contribution in [3.05, 3.63) is 48.0 Å². The van der Waals surface area contributed by atoms with Crippen molar-refractivity contribution in [1.82, 2.24) is 0 Å². The zero-order valence-corrected chi connectivity index (χ0v) is 10.0. The number of hydrogen-bond acceptors (Lipinski definition) is 2. The largest absolute Gasteiger partial charge is 0.481 e. The lowest BCUT2D eigenvalue weighted by Crippen LogP contribution is -2.09. The van der Waals surface area contributed by atoms with Crippen LogP contribution in [0.25, 0.3) is 0 Å². The van der Waals surface area contributed by atoms with Gasteiger partial charge in [0.1, 0.15) is 0 Å². The minimum atomic E-state index is -0.785. The Balaban J connectivity index is 2.24. The van der Waals surface area contributed by atoms with Crippen molar-refractivity contribution < 1.29 is 14.6 Å². The Hall–Kier alpha value is -1.61. The highest BCUT2D eigenvalue weighted by Gasteiger charge is 2.09. The van der Waals surface area contributed by atoms with Crippen LogP contribution in [-0.4, -0.2) is 17.7 Å². The van der Waals surface area contributed by atoms with E-state index >= 15 is 0 Å². The molecule has 0 aliphatic carbocycles. The molecule has 0 unspecified atom stereocenters. The number of hydrogen-bond donors (Lipinski definition) is 1. The Morgan fingerprint density at radius 2 is 2.12 bits per heavy atom. The van der Waals surface area contributed by atoms with Crippen LogP contribution in [0.15, 0.2) is 42.5 Å². The van der Waals surface area contributed by atoms with E-state index in [1.54, 1.807) is 12.2 Å². The predicted octanol–water partition coefficient (Wildman–Crippen LogP) is 2.87. The molecular formula is C14H18O3. The molecular weight excluding hydrogens is 216 g/mol. The number of carbonyl (C=O) groups is 1. The highest BCUT2D eigenvalue weighted by Crippen LogP contribution is 2.05. The zero-order chi connectivity index (χ0) is 12.5. The topological polar surface area (TPSA) is 46.5 Å². The standard InChI is InChI=1S/C14H18O3/c1-2-13(14(15)16)9-6-10-17-11-12-7-4-3-5-8-12/h3-9,13H,2,10-11H2,1H3,(H,15,16)/b9-6-/t13-/m0/s1. The van der Waals surface area contributed by atoms with Gasteiger partial charge in [-0.05, 0) is 12.0 Å². The number of carboxylic acid groups (broad SMARTS) is 1. The van der Waals surface area contributed by atoms with Gasteiger partial charge in [0, 0.05) is 0 Å². The highest BCUT2D eigenvalue weighted by atomic mass is 16.5. The normalized spacial score (nSPS) is 12.8. The van der Waals surface area contributed by atoms with Crippen LogP contribution in [0, 0.1) is 5.92 Å². The predicted molar refractivity (Wildman–Crippen MR) is 66.7 cm³/mol. The first-order valence-corrected chi connectivity index (χ1v) is 5.75. The van der Waals surface area contributed by atoms with Crippen LogP contribution in [0.5, 0.6) is 0 Å². The molecule has 0 saturated carbocycles. The lowest BCUT2D eigenvalue weighted by atomic mass is 10.1. The van der Waals surface area contributed by atoms with Crippen molar-refractivity contribution in [2.75, 3.05) is 6.61 Å². The van der Waals surface area contributed by atoms with Gasteiger partial charge < -0.3 is 9.84 Å². The van der Waals surface area contributed by atoms with E-state index in [9.17, 15) is 4.79 Å². The number of carboxylic acids is 1. The monoisotopic (exact) mass is 234 g/mol. The minimum Gasteiger partial charge on any atom is -0.481 e. The molecule has 3 nitrogen and oxygen atoms in total. The summed E-state index contributed by atoms with van der Waals surface area (Å²) in [5.74, 6) is -1.19. The van der Waals surface area contributed by atoms with E-state index in [0.29, 0.717) is 19.6 Å². The van der Waals surface area contributed by atoms with Gasteiger partial charge in [0.25, 0.3) is 0 Å². The van der Waals surface area contributed by atoms with Gasteiger partial charge in [-0.15, -0.1) is 0 Å². The summed E-state index contributed by atoms with van der Waals surface area (Å²) in [6.07, 6.45) is 4.06. The van der Waals surface area contributed by atoms with Crippen LogP contribution < -0.4 is 0 Å². The Labute approximate surface area is 102 Å². The molecule has 0 spiro atoms. The van der Waals surface area contributed by atoms with E-state index in [0.717, 1.165) is 5.56 Å². The molecule has 1 aromatic carbocycles. The number of aliphatic carboxylic acids is 1. The Bertz CT molecular complexity index is 357. The van der Waals surface area contributed by atoms with Crippen molar-refractivity contribution in [3.8, 4) is 0 Å². The van der Waals surface area contributed by atoms with E-state index < -0.39 is 11.9 Å². The second-order valence-electron chi connectivity index (χ2n) is 3.78. The first kappa shape index (κ1) is 13.5. The fourth-order valence-corrected chi connectivity index (χ4v) is 1.43. The molecule has 0 heterocycles. The summed E-state index contributed by atoms with van der Waals surface area (Å²) in [6.45, 7) is 2.85. The fraction of sp³-hybridized carbons (Fsp3) is 0.357. The zero-order valence-electron chi connectivity index (χ0n) is 10.0. The number of benzene rings is 1. The van der Waals surface area contributed by atoms with Gasteiger partial charge in [0.15, 0.2) is 0 Å². The van der Waals surface area contributed by atoms with Gasteiger partial charge in [-0.3, -0.25) is 4.79 Å². The van der Waals surface area contributed by atoms with Gasteiger partial charge in [-0.1, -0.05) is 49.4 Å². The summed E-state index contributed by atoms with van der Waals surface area (Å²) in [5.41, 5.74) is 1.12. The second-order valence-corrected chi connectivity index (χ2v) is 3.78. The third kappa shape index (κ3) is 5.31.